The second-order valence-corrected chi connectivity index (χ2v) is 4.10. The third kappa shape index (κ3) is 3.93. The molecule has 1 aromatic carbocycles. The zero-order valence-corrected chi connectivity index (χ0v) is 10.1. The molecule has 0 radical (unpaired) electrons. The zero-order chi connectivity index (χ0) is 12.0. The molecule has 0 fully saturated rings. The van der Waals surface area contributed by atoms with Gasteiger partial charge in [-0.15, -0.1) is 0 Å². The van der Waals surface area contributed by atoms with Crippen LogP contribution in [0.4, 0.5) is 0 Å². The van der Waals surface area contributed by atoms with E-state index in [1.54, 1.807) is 0 Å². The fraction of sp³-hybridized carbons (Fsp3) is 0.538. The molecule has 3 heteroatoms. The SMILES string of the molecule is CCc1ccc(C(O)CN(C)CCO)cc1. The van der Waals surface area contributed by atoms with Gasteiger partial charge in [0.15, 0.2) is 0 Å². The molecule has 1 aromatic rings. The van der Waals surface area contributed by atoms with Gasteiger partial charge < -0.3 is 15.1 Å². The predicted molar refractivity (Wildman–Crippen MR) is 65.4 cm³/mol. The Bertz CT molecular complexity index is 297. The van der Waals surface area contributed by atoms with Crippen LogP contribution in [-0.4, -0.2) is 41.9 Å². The highest BCUT2D eigenvalue weighted by Crippen LogP contribution is 2.14. The van der Waals surface area contributed by atoms with E-state index in [4.69, 9.17) is 5.11 Å². The van der Waals surface area contributed by atoms with E-state index in [-0.39, 0.29) is 6.61 Å². The standard InChI is InChI=1S/C13H21NO2/c1-3-11-4-6-12(7-5-11)13(16)10-14(2)8-9-15/h4-7,13,15-16H,3,8-10H2,1-2H3. The molecule has 0 bridgehead atoms. The molecule has 0 aromatic heterocycles. The fourth-order valence-electron chi connectivity index (χ4n) is 1.64. The summed E-state index contributed by atoms with van der Waals surface area (Å²) < 4.78 is 0. The number of aliphatic hydroxyl groups excluding tert-OH is 2. The van der Waals surface area contributed by atoms with Crippen molar-refractivity contribution in [2.45, 2.75) is 19.4 Å². The maximum atomic E-state index is 9.96. The normalized spacial score (nSPS) is 13.1. The first-order valence-electron chi connectivity index (χ1n) is 5.73. The number of hydrogen-bond acceptors (Lipinski definition) is 3. The van der Waals surface area contributed by atoms with Gasteiger partial charge in [-0.25, -0.2) is 0 Å². The van der Waals surface area contributed by atoms with E-state index < -0.39 is 6.10 Å². The van der Waals surface area contributed by atoms with Crippen molar-refractivity contribution >= 4 is 0 Å². The van der Waals surface area contributed by atoms with Crippen molar-refractivity contribution in [3.63, 3.8) is 0 Å². The zero-order valence-electron chi connectivity index (χ0n) is 10.1. The lowest BCUT2D eigenvalue weighted by Crippen LogP contribution is -2.27. The Morgan fingerprint density at radius 2 is 1.88 bits per heavy atom. The molecular weight excluding hydrogens is 202 g/mol. The Morgan fingerprint density at radius 1 is 1.25 bits per heavy atom. The first-order valence-corrected chi connectivity index (χ1v) is 5.73. The largest absolute Gasteiger partial charge is 0.395 e. The van der Waals surface area contributed by atoms with E-state index >= 15 is 0 Å². The van der Waals surface area contributed by atoms with Gasteiger partial charge in [-0.05, 0) is 24.6 Å². The van der Waals surface area contributed by atoms with Gasteiger partial charge in [0.2, 0.25) is 0 Å². The lowest BCUT2D eigenvalue weighted by molar-refractivity contribution is 0.115. The third-order valence-electron chi connectivity index (χ3n) is 2.74. The minimum absolute atomic E-state index is 0.123. The molecule has 0 amide bonds. The van der Waals surface area contributed by atoms with Gasteiger partial charge in [0.25, 0.3) is 0 Å². The van der Waals surface area contributed by atoms with E-state index in [9.17, 15) is 5.11 Å². The number of rotatable bonds is 6. The second kappa shape index (κ2) is 6.63. The topological polar surface area (TPSA) is 43.7 Å². The van der Waals surface area contributed by atoms with Crippen LogP contribution in [0.2, 0.25) is 0 Å². The Hall–Kier alpha value is -0.900. The molecule has 0 aliphatic carbocycles. The summed E-state index contributed by atoms with van der Waals surface area (Å²) in [5.41, 5.74) is 2.21. The molecule has 16 heavy (non-hydrogen) atoms. The Labute approximate surface area is 97.3 Å². The van der Waals surface area contributed by atoms with Crippen LogP contribution in [0, 0.1) is 0 Å². The van der Waals surface area contributed by atoms with Crippen LogP contribution in [0.1, 0.15) is 24.2 Å². The number of aryl methyl sites for hydroxylation is 1. The van der Waals surface area contributed by atoms with E-state index in [1.165, 1.54) is 5.56 Å². The lowest BCUT2D eigenvalue weighted by atomic mass is 10.1. The molecular formula is C13H21NO2. The second-order valence-electron chi connectivity index (χ2n) is 4.10. The van der Waals surface area contributed by atoms with Crippen molar-refractivity contribution in [3.8, 4) is 0 Å². The summed E-state index contributed by atoms with van der Waals surface area (Å²) in [4.78, 5) is 1.92. The van der Waals surface area contributed by atoms with Crippen molar-refractivity contribution < 1.29 is 10.2 Å². The van der Waals surface area contributed by atoms with Crippen molar-refractivity contribution in [1.82, 2.24) is 4.90 Å². The smallest absolute Gasteiger partial charge is 0.0916 e. The van der Waals surface area contributed by atoms with Crippen molar-refractivity contribution in [1.29, 1.82) is 0 Å². The first kappa shape index (κ1) is 13.2. The monoisotopic (exact) mass is 223 g/mol. The molecule has 0 saturated carbocycles. The van der Waals surface area contributed by atoms with Crippen LogP contribution < -0.4 is 0 Å². The van der Waals surface area contributed by atoms with Crippen LogP contribution in [0.15, 0.2) is 24.3 Å². The van der Waals surface area contributed by atoms with Crippen LogP contribution in [-0.2, 0) is 6.42 Å². The van der Waals surface area contributed by atoms with Gasteiger partial charge in [-0.2, -0.15) is 0 Å². The number of hydrogen-bond donors (Lipinski definition) is 2. The number of aliphatic hydroxyl groups is 2. The van der Waals surface area contributed by atoms with E-state index in [0.717, 1.165) is 12.0 Å². The van der Waals surface area contributed by atoms with E-state index in [0.29, 0.717) is 13.1 Å². The molecule has 3 nitrogen and oxygen atoms in total. The molecule has 0 aliphatic heterocycles. The number of likely N-dealkylation sites (N-methyl/N-ethyl adjacent to an activating group) is 1. The summed E-state index contributed by atoms with van der Waals surface area (Å²) in [6, 6.07) is 8.03. The third-order valence-corrected chi connectivity index (χ3v) is 2.74. The quantitative estimate of drug-likeness (QED) is 0.762. The molecule has 1 unspecified atom stereocenters. The van der Waals surface area contributed by atoms with E-state index in [2.05, 4.69) is 6.92 Å². The minimum Gasteiger partial charge on any atom is -0.395 e. The molecule has 2 N–H and O–H groups in total. The first-order chi connectivity index (χ1) is 7.67. The fourth-order valence-corrected chi connectivity index (χ4v) is 1.64. The Balaban J connectivity index is 2.55. The van der Waals surface area contributed by atoms with Crippen molar-refractivity contribution in [2.24, 2.45) is 0 Å². The molecule has 90 valence electrons. The predicted octanol–water partition coefficient (Wildman–Crippen LogP) is 1.21. The van der Waals surface area contributed by atoms with Crippen LogP contribution >= 0.6 is 0 Å². The van der Waals surface area contributed by atoms with Gasteiger partial charge >= 0.3 is 0 Å². The highest BCUT2D eigenvalue weighted by atomic mass is 16.3. The lowest BCUT2D eigenvalue weighted by Gasteiger charge is -2.19. The average molecular weight is 223 g/mol. The highest BCUT2D eigenvalue weighted by Gasteiger charge is 2.09. The minimum atomic E-state index is -0.484. The highest BCUT2D eigenvalue weighted by molar-refractivity contribution is 5.24. The van der Waals surface area contributed by atoms with Gasteiger partial charge in [0.05, 0.1) is 12.7 Å². The molecule has 0 heterocycles. The molecule has 1 rings (SSSR count). The summed E-state index contributed by atoms with van der Waals surface area (Å²) >= 11 is 0. The summed E-state index contributed by atoms with van der Waals surface area (Å²) in [6.45, 7) is 3.37. The van der Waals surface area contributed by atoms with Gasteiger partial charge in [0.1, 0.15) is 0 Å². The Kier molecular flexibility index (Phi) is 5.46. The Morgan fingerprint density at radius 3 is 2.38 bits per heavy atom. The summed E-state index contributed by atoms with van der Waals surface area (Å²) in [6.07, 6.45) is 0.531. The molecule has 0 spiro atoms. The average Bonchev–Trinajstić information content (AvgIpc) is 2.29. The van der Waals surface area contributed by atoms with Gasteiger partial charge in [-0.3, -0.25) is 0 Å². The van der Waals surface area contributed by atoms with Crippen molar-refractivity contribution in [2.75, 3.05) is 26.7 Å². The van der Waals surface area contributed by atoms with Gasteiger partial charge in [0, 0.05) is 13.1 Å². The van der Waals surface area contributed by atoms with Crippen molar-refractivity contribution in [3.05, 3.63) is 35.4 Å². The molecule has 0 saturated heterocycles. The summed E-state index contributed by atoms with van der Waals surface area (Å²) in [7, 11) is 1.89. The summed E-state index contributed by atoms with van der Waals surface area (Å²) in [5.74, 6) is 0. The van der Waals surface area contributed by atoms with Gasteiger partial charge in [-0.1, -0.05) is 31.2 Å². The van der Waals surface area contributed by atoms with Crippen LogP contribution in [0.25, 0.3) is 0 Å². The molecule has 1 atom stereocenters. The summed E-state index contributed by atoms with van der Waals surface area (Å²) in [5, 5.41) is 18.7. The van der Waals surface area contributed by atoms with E-state index in [1.807, 2.05) is 36.2 Å². The maximum Gasteiger partial charge on any atom is 0.0916 e. The molecule has 0 aliphatic rings. The van der Waals surface area contributed by atoms with Crippen LogP contribution in [0.3, 0.4) is 0 Å². The number of nitrogens with zero attached hydrogens (tertiary/aromatic N) is 1. The van der Waals surface area contributed by atoms with Crippen LogP contribution in [0.5, 0.6) is 0 Å². The maximum absolute atomic E-state index is 9.96. The number of benzene rings is 1.